The van der Waals surface area contributed by atoms with Crippen molar-refractivity contribution in [3.63, 3.8) is 0 Å². The Morgan fingerprint density at radius 1 is 0.529 bits per heavy atom. The van der Waals surface area contributed by atoms with Crippen LogP contribution in [0.1, 0.15) is 48.5 Å². The maximum absolute atomic E-state index is 11.8. The van der Waals surface area contributed by atoms with Gasteiger partial charge in [-0.1, -0.05) is 12.7 Å². The number of ether oxygens (including phenoxy) is 9. The van der Waals surface area contributed by atoms with Gasteiger partial charge in [-0.15, -0.1) is 0 Å². The van der Waals surface area contributed by atoms with Crippen molar-refractivity contribution in [1.82, 2.24) is 14.7 Å². The zero-order chi connectivity index (χ0) is 39.7. The molecule has 0 aliphatic carbocycles. The molecule has 0 aromatic rings. The molecule has 298 valence electrons. The summed E-state index contributed by atoms with van der Waals surface area (Å²) in [7, 11) is 4.65. The van der Waals surface area contributed by atoms with E-state index in [1.807, 2.05) is 0 Å². The quantitative estimate of drug-likeness (QED) is 0.0946. The SMILES string of the molecule is C=CCOC(=O)N(CCOC)CCOC(C)=O.CCOC(=O)N(CCOC)CCOC(C)=O.COCCN(CCOC(C)=O)C(=O)OC(C)(C)C. The lowest BCUT2D eigenvalue weighted by molar-refractivity contribution is -0.142. The lowest BCUT2D eigenvalue weighted by Crippen LogP contribution is -2.40. The first-order valence-corrected chi connectivity index (χ1v) is 16.3. The van der Waals surface area contributed by atoms with Crippen LogP contribution in [0.25, 0.3) is 0 Å². The van der Waals surface area contributed by atoms with Crippen molar-refractivity contribution in [2.75, 3.05) is 113 Å². The predicted molar refractivity (Wildman–Crippen MR) is 185 cm³/mol. The topological polar surface area (TPSA) is 195 Å². The maximum atomic E-state index is 11.8. The molecule has 0 rings (SSSR count). The second-order valence-corrected chi connectivity index (χ2v) is 11.0. The van der Waals surface area contributed by atoms with Crippen molar-refractivity contribution in [2.45, 2.75) is 54.1 Å². The molecule has 0 aromatic carbocycles. The number of hydrogen-bond acceptors (Lipinski definition) is 15. The molecule has 3 amide bonds. The van der Waals surface area contributed by atoms with Crippen LogP contribution in [0.3, 0.4) is 0 Å². The highest BCUT2D eigenvalue weighted by Gasteiger charge is 2.22. The number of rotatable bonds is 21. The number of amides is 3. The van der Waals surface area contributed by atoms with Gasteiger partial charge in [0, 0.05) is 61.7 Å². The van der Waals surface area contributed by atoms with Gasteiger partial charge in [-0.3, -0.25) is 14.4 Å². The van der Waals surface area contributed by atoms with Gasteiger partial charge in [-0.25, -0.2) is 14.4 Å². The summed E-state index contributed by atoms with van der Waals surface area (Å²) in [5.41, 5.74) is -0.552. The Kier molecular flexibility index (Phi) is 33.1. The Morgan fingerprint density at radius 2 is 0.843 bits per heavy atom. The van der Waals surface area contributed by atoms with Crippen molar-refractivity contribution >= 4 is 36.2 Å². The Hall–Kier alpha value is -4.16. The van der Waals surface area contributed by atoms with Crippen LogP contribution in [0.15, 0.2) is 12.7 Å². The van der Waals surface area contributed by atoms with Crippen molar-refractivity contribution < 1.29 is 71.4 Å². The van der Waals surface area contributed by atoms with E-state index >= 15 is 0 Å². The summed E-state index contributed by atoms with van der Waals surface area (Å²) in [6.45, 7) is 18.7. The molecule has 0 unspecified atom stereocenters. The Labute approximate surface area is 302 Å². The van der Waals surface area contributed by atoms with Gasteiger partial charge in [0.2, 0.25) is 0 Å². The Bertz CT molecular complexity index is 989. The van der Waals surface area contributed by atoms with E-state index in [-0.39, 0.29) is 57.4 Å². The number of carbonyl (C=O) groups is 6. The summed E-state index contributed by atoms with van der Waals surface area (Å²) in [5.74, 6) is -1.11. The normalized spacial score (nSPS) is 10.1. The smallest absolute Gasteiger partial charge is 0.410 e. The van der Waals surface area contributed by atoms with E-state index in [0.717, 1.165) is 0 Å². The summed E-state index contributed by atoms with van der Waals surface area (Å²) in [6.07, 6.45) is 0.144. The minimum absolute atomic E-state index is 0.141. The van der Waals surface area contributed by atoms with Gasteiger partial charge in [0.15, 0.2) is 0 Å². The van der Waals surface area contributed by atoms with E-state index in [1.165, 1.54) is 41.5 Å². The van der Waals surface area contributed by atoms with Crippen LogP contribution in [-0.4, -0.2) is 170 Å². The third-order valence-corrected chi connectivity index (χ3v) is 5.46. The third kappa shape index (κ3) is 35.5. The van der Waals surface area contributed by atoms with Crippen LogP contribution in [0.2, 0.25) is 0 Å². The molecule has 0 saturated heterocycles. The highest BCUT2D eigenvalue weighted by molar-refractivity contribution is 5.69. The predicted octanol–water partition coefficient (Wildman–Crippen LogP) is 2.91. The van der Waals surface area contributed by atoms with Gasteiger partial charge in [0.25, 0.3) is 0 Å². The zero-order valence-corrected chi connectivity index (χ0v) is 32.1. The van der Waals surface area contributed by atoms with Crippen LogP contribution < -0.4 is 0 Å². The molecule has 0 spiro atoms. The molecule has 0 N–H and O–H groups in total. The van der Waals surface area contributed by atoms with Crippen LogP contribution >= 0.6 is 0 Å². The molecule has 0 saturated carbocycles. The van der Waals surface area contributed by atoms with E-state index in [2.05, 4.69) is 6.58 Å². The van der Waals surface area contributed by atoms with Crippen LogP contribution in [0.4, 0.5) is 14.4 Å². The summed E-state index contributed by atoms with van der Waals surface area (Å²) >= 11 is 0. The lowest BCUT2D eigenvalue weighted by Gasteiger charge is -2.27. The molecule has 0 aromatic heterocycles. The first-order chi connectivity index (χ1) is 24.0. The van der Waals surface area contributed by atoms with Crippen molar-refractivity contribution in [1.29, 1.82) is 0 Å². The Morgan fingerprint density at radius 3 is 1.12 bits per heavy atom. The fourth-order valence-electron chi connectivity index (χ4n) is 3.15. The number of esters is 3. The number of nitrogens with zero attached hydrogens (tertiary/aromatic N) is 3. The van der Waals surface area contributed by atoms with Gasteiger partial charge in [0.1, 0.15) is 32.0 Å². The van der Waals surface area contributed by atoms with Gasteiger partial charge in [0.05, 0.1) is 46.1 Å². The molecule has 0 aliphatic rings. The molecule has 18 heteroatoms. The minimum atomic E-state index is -0.552. The molecular weight excluding hydrogens is 678 g/mol. The highest BCUT2D eigenvalue weighted by atomic mass is 16.6. The van der Waals surface area contributed by atoms with Crippen LogP contribution in [-0.2, 0) is 57.0 Å². The number of carbonyl (C=O) groups excluding carboxylic acids is 6. The molecular formula is C33H61N3O15. The molecule has 0 atom stereocenters. The maximum Gasteiger partial charge on any atom is 0.410 e. The van der Waals surface area contributed by atoms with Gasteiger partial charge in [-0.2, -0.15) is 0 Å². The summed E-state index contributed by atoms with van der Waals surface area (Å²) in [6, 6.07) is 0. The molecule has 0 aliphatic heterocycles. The van der Waals surface area contributed by atoms with Crippen molar-refractivity contribution in [3.8, 4) is 0 Å². The fraction of sp³-hybridized carbons (Fsp3) is 0.758. The van der Waals surface area contributed by atoms with Gasteiger partial charge >= 0.3 is 36.2 Å². The second-order valence-electron chi connectivity index (χ2n) is 11.0. The summed E-state index contributed by atoms with van der Waals surface area (Å²) in [4.78, 5) is 70.9. The molecule has 18 nitrogen and oxygen atoms in total. The van der Waals surface area contributed by atoms with Gasteiger partial charge < -0.3 is 57.3 Å². The molecule has 0 heterocycles. The van der Waals surface area contributed by atoms with Crippen LogP contribution in [0, 0.1) is 0 Å². The summed E-state index contributed by atoms with van der Waals surface area (Å²) in [5, 5.41) is 0. The molecule has 0 radical (unpaired) electrons. The second kappa shape index (κ2) is 33.0. The third-order valence-electron chi connectivity index (χ3n) is 5.46. The lowest BCUT2D eigenvalue weighted by atomic mass is 10.2. The Balaban J connectivity index is -0.000000679. The summed E-state index contributed by atoms with van der Waals surface area (Å²) < 4.78 is 44.0. The average Bonchev–Trinajstić information content (AvgIpc) is 3.04. The minimum Gasteiger partial charge on any atom is -0.464 e. The van der Waals surface area contributed by atoms with E-state index in [0.29, 0.717) is 52.6 Å². The highest BCUT2D eigenvalue weighted by Crippen LogP contribution is 2.10. The monoisotopic (exact) mass is 739 g/mol. The van der Waals surface area contributed by atoms with Crippen molar-refractivity contribution in [3.05, 3.63) is 12.7 Å². The molecule has 0 fully saturated rings. The number of hydrogen-bond donors (Lipinski definition) is 0. The van der Waals surface area contributed by atoms with E-state index in [4.69, 9.17) is 42.6 Å². The largest absolute Gasteiger partial charge is 0.464 e. The fourth-order valence-corrected chi connectivity index (χ4v) is 3.15. The standard InChI is InChI=1S/C12H23NO5.C11H19NO5.C10H19NO5/c1-10(14)17-9-7-13(6-8-16-5)11(15)18-12(2,3)4;1-4-7-17-11(14)12(5-8-15-3)6-9-16-10(2)13;1-4-15-10(13)11(5-7-14-3)6-8-16-9(2)12/h6-9H2,1-5H3;4H,1,5-9H2,2-3H3;4-8H2,1-3H3. The van der Waals surface area contributed by atoms with Gasteiger partial charge in [-0.05, 0) is 27.7 Å². The van der Waals surface area contributed by atoms with E-state index in [9.17, 15) is 28.8 Å². The first-order valence-electron chi connectivity index (χ1n) is 16.3. The zero-order valence-electron chi connectivity index (χ0n) is 32.1. The van der Waals surface area contributed by atoms with Crippen LogP contribution in [0.5, 0.6) is 0 Å². The molecule has 0 bridgehead atoms. The average molecular weight is 740 g/mol. The molecule has 51 heavy (non-hydrogen) atoms. The van der Waals surface area contributed by atoms with E-state index < -0.39 is 23.9 Å². The van der Waals surface area contributed by atoms with E-state index in [1.54, 1.807) is 49.0 Å². The first kappa shape index (κ1) is 51.2. The number of methoxy groups -OCH3 is 3. The van der Waals surface area contributed by atoms with Crippen molar-refractivity contribution in [2.24, 2.45) is 0 Å².